The van der Waals surface area contributed by atoms with Crippen molar-refractivity contribution in [1.29, 1.82) is 0 Å². The predicted molar refractivity (Wildman–Crippen MR) is 152 cm³/mol. The van der Waals surface area contributed by atoms with Gasteiger partial charge in [0.15, 0.2) is 0 Å². The van der Waals surface area contributed by atoms with E-state index in [2.05, 4.69) is 15.9 Å². The SMILES string of the molecule is COc1cc(N2CCC(N3CCN(C(=O)CCOCCOCCOCCOCCC(N)=O)CC3)CC2)ccc1N. The Balaban J connectivity index is 1.17. The number of benzene rings is 1. The van der Waals surface area contributed by atoms with Crippen LogP contribution in [0.4, 0.5) is 11.4 Å². The van der Waals surface area contributed by atoms with Gasteiger partial charge in [0, 0.05) is 63.5 Å². The third-order valence-corrected chi connectivity index (χ3v) is 7.30. The number of piperidine rings is 1. The highest BCUT2D eigenvalue weighted by atomic mass is 16.6. The summed E-state index contributed by atoms with van der Waals surface area (Å²) < 4.78 is 27.0. The highest BCUT2D eigenvalue weighted by Crippen LogP contribution is 2.30. The van der Waals surface area contributed by atoms with Crippen molar-refractivity contribution in [2.45, 2.75) is 31.7 Å². The van der Waals surface area contributed by atoms with E-state index < -0.39 is 0 Å². The summed E-state index contributed by atoms with van der Waals surface area (Å²) in [5.41, 5.74) is 12.8. The number of hydrogen-bond acceptors (Lipinski definition) is 10. The molecule has 12 heteroatoms. The number of rotatable bonds is 18. The molecule has 0 aromatic heterocycles. The van der Waals surface area contributed by atoms with E-state index >= 15 is 0 Å². The largest absolute Gasteiger partial charge is 0.495 e. The van der Waals surface area contributed by atoms with Gasteiger partial charge in [-0.2, -0.15) is 0 Å². The van der Waals surface area contributed by atoms with Gasteiger partial charge in [-0.1, -0.05) is 0 Å². The first-order valence-corrected chi connectivity index (χ1v) is 14.3. The molecule has 2 aliphatic heterocycles. The lowest BCUT2D eigenvalue weighted by atomic mass is 10.0. The zero-order chi connectivity index (χ0) is 28.6. The molecule has 4 N–H and O–H groups in total. The second-order valence-corrected chi connectivity index (χ2v) is 9.98. The number of carbonyl (C=O) groups excluding carboxylic acids is 2. The molecule has 0 aliphatic carbocycles. The number of nitrogens with two attached hydrogens (primary N) is 2. The van der Waals surface area contributed by atoms with Crippen LogP contribution < -0.4 is 21.1 Å². The molecule has 0 bridgehead atoms. The number of piperazine rings is 1. The number of nitrogen functional groups attached to an aromatic ring is 1. The van der Waals surface area contributed by atoms with Gasteiger partial charge in [0.1, 0.15) is 5.75 Å². The van der Waals surface area contributed by atoms with Crippen LogP contribution in [0.15, 0.2) is 18.2 Å². The van der Waals surface area contributed by atoms with Crippen molar-refractivity contribution in [3.05, 3.63) is 18.2 Å². The number of amides is 2. The molecule has 0 atom stereocenters. The molecule has 2 heterocycles. The summed E-state index contributed by atoms with van der Waals surface area (Å²) in [4.78, 5) is 30.1. The second kappa shape index (κ2) is 17.9. The first kappa shape index (κ1) is 31.9. The van der Waals surface area contributed by atoms with E-state index in [9.17, 15) is 9.59 Å². The summed E-state index contributed by atoms with van der Waals surface area (Å²) in [5.74, 6) is 0.499. The van der Waals surface area contributed by atoms with Gasteiger partial charge in [-0.25, -0.2) is 0 Å². The maximum Gasteiger partial charge on any atom is 0.224 e. The van der Waals surface area contributed by atoms with Gasteiger partial charge in [-0.15, -0.1) is 0 Å². The fraction of sp³-hybridized carbons (Fsp3) is 0.714. The quantitative estimate of drug-likeness (QED) is 0.193. The van der Waals surface area contributed by atoms with Gasteiger partial charge < -0.3 is 45.0 Å². The Bertz CT molecular complexity index is 890. The molecule has 12 nitrogen and oxygen atoms in total. The molecule has 0 radical (unpaired) electrons. The molecule has 1 aromatic rings. The van der Waals surface area contributed by atoms with Crippen LogP contribution in [-0.2, 0) is 28.5 Å². The smallest absolute Gasteiger partial charge is 0.224 e. The number of nitrogens with zero attached hydrogens (tertiary/aromatic N) is 3. The third-order valence-electron chi connectivity index (χ3n) is 7.30. The Morgan fingerprint density at radius 1 is 0.800 bits per heavy atom. The molecule has 2 amide bonds. The lowest BCUT2D eigenvalue weighted by molar-refractivity contribution is -0.134. The summed E-state index contributed by atoms with van der Waals surface area (Å²) in [6.45, 7) is 8.77. The van der Waals surface area contributed by atoms with Gasteiger partial charge in [-0.05, 0) is 25.0 Å². The number of ether oxygens (including phenoxy) is 5. The maximum absolute atomic E-state index is 12.6. The number of primary amides is 1. The fourth-order valence-electron chi connectivity index (χ4n) is 4.97. The Hall–Kier alpha value is -2.64. The van der Waals surface area contributed by atoms with Crippen LogP contribution in [0.25, 0.3) is 0 Å². The van der Waals surface area contributed by atoms with Crippen molar-refractivity contribution in [2.75, 3.05) is 110 Å². The van der Waals surface area contributed by atoms with Crippen LogP contribution in [0.3, 0.4) is 0 Å². The van der Waals surface area contributed by atoms with Gasteiger partial charge >= 0.3 is 0 Å². The first-order valence-electron chi connectivity index (χ1n) is 14.3. The molecule has 2 saturated heterocycles. The van der Waals surface area contributed by atoms with Gasteiger partial charge in [0.05, 0.1) is 72.1 Å². The van der Waals surface area contributed by atoms with E-state index in [0.29, 0.717) is 71.0 Å². The van der Waals surface area contributed by atoms with Gasteiger partial charge in [0.25, 0.3) is 0 Å². The minimum absolute atomic E-state index is 0.152. The van der Waals surface area contributed by atoms with Gasteiger partial charge in [-0.3, -0.25) is 14.5 Å². The molecule has 1 aromatic carbocycles. The summed E-state index contributed by atoms with van der Waals surface area (Å²) >= 11 is 0. The summed E-state index contributed by atoms with van der Waals surface area (Å²) in [6.07, 6.45) is 2.82. The Morgan fingerprint density at radius 3 is 1.90 bits per heavy atom. The summed E-state index contributed by atoms with van der Waals surface area (Å²) in [5, 5.41) is 0. The van der Waals surface area contributed by atoms with Crippen molar-refractivity contribution in [2.24, 2.45) is 5.73 Å². The minimum atomic E-state index is -0.375. The molecule has 0 spiro atoms. The fourth-order valence-corrected chi connectivity index (χ4v) is 4.97. The Morgan fingerprint density at radius 2 is 1.35 bits per heavy atom. The topological polar surface area (TPSA) is 142 Å². The van der Waals surface area contributed by atoms with Gasteiger partial charge in [0.2, 0.25) is 11.8 Å². The van der Waals surface area contributed by atoms with Crippen molar-refractivity contribution in [3.8, 4) is 5.75 Å². The Kier molecular flexibility index (Phi) is 14.3. The first-order chi connectivity index (χ1) is 19.5. The van der Waals surface area contributed by atoms with E-state index in [-0.39, 0.29) is 18.2 Å². The number of methoxy groups -OCH3 is 1. The van der Waals surface area contributed by atoms with E-state index in [1.807, 2.05) is 17.0 Å². The van der Waals surface area contributed by atoms with Crippen molar-refractivity contribution in [1.82, 2.24) is 9.80 Å². The number of anilines is 2. The molecular weight excluding hydrogens is 518 g/mol. The second-order valence-electron chi connectivity index (χ2n) is 9.98. The van der Waals surface area contributed by atoms with Crippen LogP contribution >= 0.6 is 0 Å². The van der Waals surface area contributed by atoms with Crippen LogP contribution in [-0.4, -0.2) is 127 Å². The molecule has 3 rings (SSSR count). The Labute approximate surface area is 237 Å². The van der Waals surface area contributed by atoms with E-state index in [4.69, 9.17) is 35.2 Å². The van der Waals surface area contributed by atoms with Crippen LogP contribution in [0, 0.1) is 0 Å². The normalized spacial score (nSPS) is 16.8. The predicted octanol–water partition coefficient (Wildman–Crippen LogP) is 0.722. The van der Waals surface area contributed by atoms with Crippen molar-refractivity contribution in [3.63, 3.8) is 0 Å². The molecule has 2 aliphatic rings. The van der Waals surface area contributed by atoms with E-state index in [0.717, 1.165) is 63.5 Å². The average molecular weight is 566 g/mol. The van der Waals surface area contributed by atoms with Crippen LogP contribution in [0.1, 0.15) is 25.7 Å². The molecule has 40 heavy (non-hydrogen) atoms. The lowest BCUT2D eigenvalue weighted by Gasteiger charge is -2.43. The zero-order valence-electron chi connectivity index (χ0n) is 23.9. The highest BCUT2D eigenvalue weighted by Gasteiger charge is 2.29. The molecule has 0 saturated carbocycles. The molecular formula is C28H47N5O7. The molecule has 226 valence electrons. The standard InChI is InChI=1S/C28H47N5O7/c1-36-26-22-24(2-3-25(26)29)31-8-4-23(5-9-31)32-10-12-33(13-11-32)28(35)7-15-38-17-19-40-21-20-39-18-16-37-14-6-27(30)34/h2-3,22-23H,4-21,29H2,1H3,(H2,30,34). The van der Waals surface area contributed by atoms with E-state index in [1.54, 1.807) is 7.11 Å². The molecule has 0 unspecified atom stereocenters. The summed E-state index contributed by atoms with van der Waals surface area (Å²) in [7, 11) is 1.65. The van der Waals surface area contributed by atoms with Crippen LogP contribution in [0.2, 0.25) is 0 Å². The average Bonchev–Trinajstić information content (AvgIpc) is 2.97. The van der Waals surface area contributed by atoms with E-state index in [1.165, 1.54) is 0 Å². The number of hydrogen-bond donors (Lipinski definition) is 2. The van der Waals surface area contributed by atoms with Crippen LogP contribution in [0.5, 0.6) is 5.75 Å². The lowest BCUT2D eigenvalue weighted by Crippen LogP contribution is -2.54. The summed E-state index contributed by atoms with van der Waals surface area (Å²) in [6, 6.07) is 6.54. The van der Waals surface area contributed by atoms with Crippen molar-refractivity contribution < 1.29 is 33.3 Å². The molecule has 2 fully saturated rings. The third kappa shape index (κ3) is 11.1. The van der Waals surface area contributed by atoms with Crippen molar-refractivity contribution >= 4 is 23.2 Å². The number of carbonyl (C=O) groups is 2. The maximum atomic E-state index is 12.6. The highest BCUT2D eigenvalue weighted by molar-refractivity contribution is 5.76. The zero-order valence-corrected chi connectivity index (χ0v) is 23.9. The minimum Gasteiger partial charge on any atom is -0.495 e. The monoisotopic (exact) mass is 565 g/mol.